The van der Waals surface area contributed by atoms with Gasteiger partial charge < -0.3 is 15.0 Å². The molecule has 1 aliphatic carbocycles. The third kappa shape index (κ3) is 3.69. The van der Waals surface area contributed by atoms with Crippen molar-refractivity contribution in [3.63, 3.8) is 0 Å². The van der Waals surface area contributed by atoms with E-state index in [1.807, 2.05) is 0 Å². The van der Waals surface area contributed by atoms with Crippen LogP contribution in [0, 0.1) is 5.92 Å². The predicted octanol–water partition coefficient (Wildman–Crippen LogP) is 1.65. The molecule has 0 bridgehead atoms. The van der Waals surface area contributed by atoms with Crippen molar-refractivity contribution >= 4 is 5.97 Å². The maximum Gasteiger partial charge on any atom is 0.326 e. The van der Waals surface area contributed by atoms with Crippen molar-refractivity contribution in [3.05, 3.63) is 0 Å². The number of ether oxygens (including phenoxy) is 1. The number of nitrogens with zero attached hydrogens (tertiary/aromatic N) is 1. The molecule has 0 aromatic heterocycles. The SMILES string of the molecule is CCN(CC)CCNC1(C(=O)OC)CCC(C)C1. The van der Waals surface area contributed by atoms with Crippen LogP contribution in [-0.4, -0.2) is 49.7 Å². The van der Waals surface area contributed by atoms with Crippen molar-refractivity contribution in [2.75, 3.05) is 33.3 Å². The van der Waals surface area contributed by atoms with Crippen LogP contribution in [0.25, 0.3) is 0 Å². The highest BCUT2D eigenvalue weighted by Gasteiger charge is 2.44. The average molecular weight is 256 g/mol. The summed E-state index contributed by atoms with van der Waals surface area (Å²) in [6, 6.07) is 0. The largest absolute Gasteiger partial charge is 0.468 e. The molecule has 0 radical (unpaired) electrons. The highest BCUT2D eigenvalue weighted by atomic mass is 16.5. The number of carbonyl (C=O) groups is 1. The highest BCUT2D eigenvalue weighted by Crippen LogP contribution is 2.35. The summed E-state index contributed by atoms with van der Waals surface area (Å²) in [5.41, 5.74) is -0.429. The van der Waals surface area contributed by atoms with Gasteiger partial charge in [-0.1, -0.05) is 20.8 Å². The number of hydrogen-bond donors (Lipinski definition) is 1. The highest BCUT2D eigenvalue weighted by molar-refractivity contribution is 5.81. The first kappa shape index (κ1) is 15.4. The minimum absolute atomic E-state index is 0.0913. The maximum absolute atomic E-state index is 12.0. The zero-order valence-electron chi connectivity index (χ0n) is 12.3. The molecule has 1 fully saturated rings. The number of nitrogens with one attached hydrogen (secondary N) is 1. The van der Waals surface area contributed by atoms with Gasteiger partial charge in [-0.25, -0.2) is 0 Å². The normalized spacial score (nSPS) is 27.7. The van der Waals surface area contributed by atoms with Crippen LogP contribution in [0.2, 0.25) is 0 Å². The molecule has 0 spiro atoms. The Balaban J connectivity index is 2.50. The summed E-state index contributed by atoms with van der Waals surface area (Å²) < 4.78 is 4.98. The van der Waals surface area contributed by atoms with Crippen LogP contribution >= 0.6 is 0 Å². The number of methoxy groups -OCH3 is 1. The number of hydrogen-bond acceptors (Lipinski definition) is 4. The Labute approximate surface area is 111 Å². The van der Waals surface area contributed by atoms with Crippen LogP contribution in [0.1, 0.15) is 40.0 Å². The van der Waals surface area contributed by atoms with Gasteiger partial charge in [-0.2, -0.15) is 0 Å². The fourth-order valence-corrected chi connectivity index (χ4v) is 2.90. The first-order valence-electron chi connectivity index (χ1n) is 7.13. The van der Waals surface area contributed by atoms with E-state index in [0.717, 1.165) is 45.4 Å². The topological polar surface area (TPSA) is 41.6 Å². The van der Waals surface area contributed by atoms with Crippen molar-refractivity contribution in [1.82, 2.24) is 10.2 Å². The van der Waals surface area contributed by atoms with E-state index in [1.165, 1.54) is 7.11 Å². The van der Waals surface area contributed by atoms with Crippen LogP contribution in [0.15, 0.2) is 0 Å². The van der Waals surface area contributed by atoms with Crippen LogP contribution in [0.3, 0.4) is 0 Å². The lowest BCUT2D eigenvalue weighted by Gasteiger charge is -2.29. The first-order chi connectivity index (χ1) is 8.57. The second-order valence-electron chi connectivity index (χ2n) is 5.38. The lowest BCUT2D eigenvalue weighted by Crippen LogP contribution is -2.52. The zero-order chi connectivity index (χ0) is 13.6. The van der Waals surface area contributed by atoms with E-state index >= 15 is 0 Å². The molecule has 4 nitrogen and oxygen atoms in total. The van der Waals surface area contributed by atoms with Gasteiger partial charge in [0.15, 0.2) is 0 Å². The van der Waals surface area contributed by atoms with Gasteiger partial charge in [0.2, 0.25) is 0 Å². The molecule has 1 N–H and O–H groups in total. The summed E-state index contributed by atoms with van der Waals surface area (Å²) in [6.45, 7) is 10.5. The smallest absolute Gasteiger partial charge is 0.326 e. The van der Waals surface area contributed by atoms with E-state index in [1.54, 1.807) is 0 Å². The molecule has 1 rings (SSSR count). The van der Waals surface area contributed by atoms with E-state index < -0.39 is 5.54 Å². The molecule has 1 aliphatic rings. The Kier molecular flexibility index (Phi) is 6.09. The number of carbonyl (C=O) groups excluding carboxylic acids is 1. The molecule has 2 unspecified atom stereocenters. The Morgan fingerprint density at radius 3 is 2.56 bits per heavy atom. The molecule has 18 heavy (non-hydrogen) atoms. The molecule has 0 aliphatic heterocycles. The van der Waals surface area contributed by atoms with Gasteiger partial charge in [0, 0.05) is 13.1 Å². The minimum atomic E-state index is -0.429. The lowest BCUT2D eigenvalue weighted by atomic mass is 9.96. The summed E-state index contributed by atoms with van der Waals surface area (Å²) in [5, 5.41) is 3.46. The Hall–Kier alpha value is -0.610. The molecular weight excluding hydrogens is 228 g/mol. The van der Waals surface area contributed by atoms with Crippen LogP contribution < -0.4 is 5.32 Å². The molecular formula is C14H28N2O2. The van der Waals surface area contributed by atoms with Crippen molar-refractivity contribution in [1.29, 1.82) is 0 Å². The van der Waals surface area contributed by atoms with Crippen molar-refractivity contribution in [2.24, 2.45) is 5.92 Å². The summed E-state index contributed by atoms with van der Waals surface area (Å²) in [6.07, 6.45) is 2.91. The number of likely N-dealkylation sites (N-methyl/N-ethyl adjacent to an activating group) is 1. The third-order valence-corrected chi connectivity index (χ3v) is 4.12. The lowest BCUT2D eigenvalue weighted by molar-refractivity contribution is -0.148. The molecule has 0 heterocycles. The van der Waals surface area contributed by atoms with Gasteiger partial charge >= 0.3 is 5.97 Å². The van der Waals surface area contributed by atoms with Gasteiger partial charge in [-0.3, -0.25) is 4.79 Å². The number of esters is 1. The average Bonchev–Trinajstić information content (AvgIpc) is 2.76. The van der Waals surface area contributed by atoms with Crippen molar-refractivity contribution in [2.45, 2.75) is 45.6 Å². The van der Waals surface area contributed by atoms with Crippen LogP contribution in [-0.2, 0) is 9.53 Å². The van der Waals surface area contributed by atoms with E-state index in [-0.39, 0.29) is 5.97 Å². The van der Waals surface area contributed by atoms with Gasteiger partial charge in [0.25, 0.3) is 0 Å². The Morgan fingerprint density at radius 1 is 1.44 bits per heavy atom. The Bertz CT molecular complexity index is 267. The predicted molar refractivity (Wildman–Crippen MR) is 73.6 cm³/mol. The van der Waals surface area contributed by atoms with E-state index in [0.29, 0.717) is 5.92 Å². The summed E-state index contributed by atoms with van der Waals surface area (Å²) >= 11 is 0. The minimum Gasteiger partial charge on any atom is -0.468 e. The second kappa shape index (κ2) is 7.10. The van der Waals surface area contributed by atoms with Crippen molar-refractivity contribution in [3.8, 4) is 0 Å². The van der Waals surface area contributed by atoms with Crippen LogP contribution in [0.5, 0.6) is 0 Å². The summed E-state index contributed by atoms with van der Waals surface area (Å²) in [7, 11) is 1.49. The fourth-order valence-electron chi connectivity index (χ4n) is 2.90. The molecule has 2 atom stereocenters. The molecule has 106 valence electrons. The fraction of sp³-hybridized carbons (Fsp3) is 0.929. The summed E-state index contributed by atoms with van der Waals surface area (Å²) in [4.78, 5) is 14.4. The first-order valence-corrected chi connectivity index (χ1v) is 7.13. The molecule has 0 aromatic rings. The van der Waals surface area contributed by atoms with Gasteiger partial charge in [0.1, 0.15) is 5.54 Å². The zero-order valence-corrected chi connectivity index (χ0v) is 12.3. The second-order valence-corrected chi connectivity index (χ2v) is 5.38. The monoisotopic (exact) mass is 256 g/mol. The molecule has 0 amide bonds. The van der Waals surface area contributed by atoms with E-state index in [4.69, 9.17) is 4.74 Å². The molecule has 0 saturated heterocycles. The van der Waals surface area contributed by atoms with E-state index in [9.17, 15) is 4.79 Å². The Morgan fingerprint density at radius 2 is 2.11 bits per heavy atom. The van der Waals surface area contributed by atoms with Gasteiger partial charge in [-0.15, -0.1) is 0 Å². The number of rotatable bonds is 7. The quantitative estimate of drug-likeness (QED) is 0.703. The molecule has 4 heteroatoms. The third-order valence-electron chi connectivity index (χ3n) is 4.12. The van der Waals surface area contributed by atoms with Gasteiger partial charge in [0.05, 0.1) is 7.11 Å². The van der Waals surface area contributed by atoms with Crippen molar-refractivity contribution < 1.29 is 9.53 Å². The van der Waals surface area contributed by atoms with Crippen LogP contribution in [0.4, 0.5) is 0 Å². The van der Waals surface area contributed by atoms with Gasteiger partial charge in [-0.05, 0) is 38.3 Å². The molecule has 1 saturated carbocycles. The van der Waals surface area contributed by atoms with E-state index in [2.05, 4.69) is 31.0 Å². The maximum atomic E-state index is 12.0. The standard InChI is InChI=1S/C14H28N2O2/c1-5-16(6-2)10-9-15-14(13(17)18-4)8-7-12(3)11-14/h12,15H,5-11H2,1-4H3. The summed E-state index contributed by atoms with van der Waals surface area (Å²) in [5.74, 6) is 0.511. The molecule has 0 aromatic carbocycles.